The minimum absolute atomic E-state index is 0.153. The Labute approximate surface area is 46.7 Å². The molecule has 0 aromatic rings. The first-order valence-corrected chi connectivity index (χ1v) is 3.30. The predicted molar refractivity (Wildman–Crippen MR) is 34.3 cm³/mol. The molecule has 0 saturated carbocycles. The van der Waals surface area contributed by atoms with E-state index in [9.17, 15) is 0 Å². The number of aliphatic imine (C=N–C) groups is 2. The molecule has 0 aromatic carbocycles. The Hall–Kier alpha value is -0.310. The number of nitrogens with zero attached hydrogens (tertiary/aromatic N) is 2. The van der Waals surface area contributed by atoms with Crippen molar-refractivity contribution in [3.8, 4) is 0 Å². The molecule has 0 bridgehead atoms. The summed E-state index contributed by atoms with van der Waals surface area (Å²) >= 11 is 1.64. The third kappa shape index (κ3) is 1.03. The zero-order valence-corrected chi connectivity index (χ0v) is 4.85. The quantitative estimate of drug-likeness (QED) is 0.494. The van der Waals surface area contributed by atoms with E-state index in [1.54, 1.807) is 24.2 Å². The summed E-state index contributed by atoms with van der Waals surface area (Å²) in [6.45, 7) is 0. The zero-order valence-electron chi connectivity index (χ0n) is 4.03. The molecule has 1 aliphatic heterocycles. The molecule has 38 valence electrons. The molecule has 0 spiro atoms. The number of hydrogen-bond donors (Lipinski definition) is 0. The molecule has 2 nitrogen and oxygen atoms in total. The largest absolute Gasteiger partial charge is 0.255 e. The van der Waals surface area contributed by atoms with Crippen LogP contribution in [0.5, 0.6) is 0 Å². The Morgan fingerprint density at radius 2 is 2.00 bits per heavy atom. The van der Waals surface area contributed by atoms with E-state index in [2.05, 4.69) is 9.98 Å². The third-order valence-corrected chi connectivity index (χ3v) is 1.37. The zero-order chi connectivity index (χ0) is 5.11. The average molecular weight is 114 g/mol. The van der Waals surface area contributed by atoms with Crippen LogP contribution in [0, 0.1) is 0 Å². The van der Waals surface area contributed by atoms with Crippen molar-refractivity contribution in [2.45, 2.75) is 5.50 Å². The van der Waals surface area contributed by atoms with Gasteiger partial charge in [0.2, 0.25) is 0 Å². The van der Waals surface area contributed by atoms with E-state index in [0.29, 0.717) is 0 Å². The van der Waals surface area contributed by atoms with Gasteiger partial charge in [-0.15, -0.1) is 11.8 Å². The van der Waals surface area contributed by atoms with Crippen LogP contribution in [0.2, 0.25) is 0 Å². The Kier molecular flexibility index (Phi) is 1.46. The molecule has 1 rings (SSSR count). The lowest BCUT2D eigenvalue weighted by atomic mass is 10.9. The summed E-state index contributed by atoms with van der Waals surface area (Å²) in [5.41, 5.74) is 0.153. The lowest BCUT2D eigenvalue weighted by Crippen LogP contribution is -1.83. The molecule has 0 saturated heterocycles. The summed E-state index contributed by atoms with van der Waals surface area (Å²) in [5, 5.41) is 0. The normalized spacial score (nSPS) is 19.0. The molecule has 1 aliphatic rings. The second-order valence-electron chi connectivity index (χ2n) is 1.16. The van der Waals surface area contributed by atoms with Gasteiger partial charge >= 0.3 is 0 Å². The Morgan fingerprint density at radius 1 is 1.43 bits per heavy atom. The van der Waals surface area contributed by atoms with E-state index >= 15 is 0 Å². The van der Waals surface area contributed by atoms with E-state index in [0.717, 1.165) is 0 Å². The van der Waals surface area contributed by atoms with Crippen LogP contribution in [-0.2, 0) is 0 Å². The molecule has 7 heavy (non-hydrogen) atoms. The van der Waals surface area contributed by atoms with Gasteiger partial charge in [0, 0.05) is 12.4 Å². The lowest BCUT2D eigenvalue weighted by Gasteiger charge is -1.92. The molecule has 0 atom stereocenters. The predicted octanol–water partition coefficient (Wildman–Crippen LogP) is 0.788. The van der Waals surface area contributed by atoms with Crippen molar-refractivity contribution < 1.29 is 0 Å². The van der Waals surface area contributed by atoms with Gasteiger partial charge in [-0.05, 0) is 6.26 Å². The van der Waals surface area contributed by atoms with E-state index in [1.165, 1.54) is 0 Å². The first-order chi connectivity index (χ1) is 3.43. The Morgan fingerprint density at radius 3 is 2.29 bits per heavy atom. The number of hydrogen-bond acceptors (Lipinski definition) is 3. The van der Waals surface area contributed by atoms with Crippen molar-refractivity contribution in [3.05, 3.63) is 0 Å². The maximum Gasteiger partial charge on any atom is 0.186 e. The summed E-state index contributed by atoms with van der Waals surface area (Å²) in [6, 6.07) is 0. The maximum absolute atomic E-state index is 3.97. The van der Waals surface area contributed by atoms with Crippen molar-refractivity contribution in [3.63, 3.8) is 0 Å². The first-order valence-electron chi connectivity index (χ1n) is 2.01. The van der Waals surface area contributed by atoms with Gasteiger partial charge in [-0.1, -0.05) is 0 Å². The topological polar surface area (TPSA) is 24.7 Å². The maximum atomic E-state index is 3.97. The molecular weight excluding hydrogens is 108 g/mol. The smallest absolute Gasteiger partial charge is 0.186 e. The van der Waals surface area contributed by atoms with Crippen molar-refractivity contribution in [1.29, 1.82) is 0 Å². The highest BCUT2D eigenvalue weighted by Gasteiger charge is 1.99. The summed E-state index contributed by atoms with van der Waals surface area (Å²) < 4.78 is 0. The van der Waals surface area contributed by atoms with Crippen molar-refractivity contribution in [2.24, 2.45) is 9.98 Å². The molecule has 0 fully saturated rings. The van der Waals surface area contributed by atoms with Crippen LogP contribution in [0.1, 0.15) is 0 Å². The van der Waals surface area contributed by atoms with Gasteiger partial charge in [-0.3, -0.25) is 9.98 Å². The minimum Gasteiger partial charge on any atom is -0.255 e. The second kappa shape index (κ2) is 2.12. The molecular formula is C4H6N2S. The van der Waals surface area contributed by atoms with Gasteiger partial charge in [-0.25, -0.2) is 0 Å². The van der Waals surface area contributed by atoms with E-state index < -0.39 is 0 Å². The highest BCUT2D eigenvalue weighted by atomic mass is 32.2. The van der Waals surface area contributed by atoms with Gasteiger partial charge in [0.15, 0.2) is 5.50 Å². The molecule has 0 aromatic heterocycles. The molecule has 1 heterocycles. The fraction of sp³-hybridized carbons (Fsp3) is 0.500. The fourth-order valence-corrected chi connectivity index (χ4v) is 0.768. The molecule has 0 radical (unpaired) electrons. The minimum atomic E-state index is 0.153. The fourth-order valence-electron chi connectivity index (χ4n) is 0.384. The second-order valence-corrected chi connectivity index (χ2v) is 2.05. The standard InChI is InChI=1S/C4H6N2S/c1-7-4-5-2-3-6-4/h2-4H,1H3. The highest BCUT2D eigenvalue weighted by molar-refractivity contribution is 7.99. The average Bonchev–Trinajstić information content (AvgIpc) is 2.14. The SMILES string of the molecule is CSC1N=CC=N1. The summed E-state index contributed by atoms with van der Waals surface area (Å²) in [6.07, 6.45) is 5.44. The number of rotatable bonds is 1. The monoisotopic (exact) mass is 114 g/mol. The van der Waals surface area contributed by atoms with Crippen LogP contribution in [0.4, 0.5) is 0 Å². The number of thioether (sulfide) groups is 1. The van der Waals surface area contributed by atoms with Crippen LogP contribution in [-0.4, -0.2) is 24.2 Å². The Balaban J connectivity index is 2.44. The van der Waals surface area contributed by atoms with Crippen LogP contribution < -0.4 is 0 Å². The molecule has 3 heteroatoms. The van der Waals surface area contributed by atoms with Crippen LogP contribution in [0.15, 0.2) is 9.98 Å². The molecule has 0 unspecified atom stereocenters. The van der Waals surface area contributed by atoms with Crippen LogP contribution in [0.25, 0.3) is 0 Å². The van der Waals surface area contributed by atoms with Crippen molar-refractivity contribution in [2.75, 3.05) is 6.26 Å². The molecule has 0 aliphatic carbocycles. The summed E-state index contributed by atoms with van der Waals surface area (Å²) in [5.74, 6) is 0. The van der Waals surface area contributed by atoms with Crippen molar-refractivity contribution >= 4 is 24.2 Å². The van der Waals surface area contributed by atoms with Gasteiger partial charge in [0.1, 0.15) is 0 Å². The van der Waals surface area contributed by atoms with Gasteiger partial charge in [-0.2, -0.15) is 0 Å². The Bertz CT molecular complexity index is 96.3. The summed E-state index contributed by atoms with van der Waals surface area (Å²) in [4.78, 5) is 7.94. The molecule has 0 N–H and O–H groups in total. The van der Waals surface area contributed by atoms with Crippen molar-refractivity contribution in [1.82, 2.24) is 0 Å². The third-order valence-electron chi connectivity index (χ3n) is 0.705. The molecule has 0 amide bonds. The van der Waals surface area contributed by atoms with E-state index in [1.807, 2.05) is 6.26 Å². The lowest BCUT2D eigenvalue weighted by molar-refractivity contribution is 1.03. The van der Waals surface area contributed by atoms with Gasteiger partial charge in [0.05, 0.1) is 0 Å². The van der Waals surface area contributed by atoms with Crippen LogP contribution >= 0.6 is 11.8 Å². The highest BCUT2D eigenvalue weighted by Crippen LogP contribution is 2.09. The van der Waals surface area contributed by atoms with Crippen LogP contribution in [0.3, 0.4) is 0 Å². The first kappa shape index (κ1) is 4.84. The van der Waals surface area contributed by atoms with E-state index in [-0.39, 0.29) is 5.50 Å². The van der Waals surface area contributed by atoms with E-state index in [4.69, 9.17) is 0 Å². The van der Waals surface area contributed by atoms with Gasteiger partial charge in [0.25, 0.3) is 0 Å². The summed E-state index contributed by atoms with van der Waals surface area (Å²) in [7, 11) is 0. The van der Waals surface area contributed by atoms with Gasteiger partial charge < -0.3 is 0 Å².